The van der Waals surface area contributed by atoms with Gasteiger partial charge in [-0.05, 0) is 31.2 Å². The fraction of sp³-hybridized carbons (Fsp3) is 0.250. The Morgan fingerprint density at radius 1 is 1.47 bits per heavy atom. The minimum atomic E-state index is -0.629. The molecule has 1 unspecified atom stereocenters. The largest absolute Gasteiger partial charge is 0.392 e. The summed E-state index contributed by atoms with van der Waals surface area (Å²) >= 11 is 0. The zero-order valence-electron chi connectivity index (χ0n) is 10.2. The summed E-state index contributed by atoms with van der Waals surface area (Å²) in [6.07, 6.45) is 0.807. The molecule has 2 N–H and O–H groups in total. The number of rotatable bonds is 4. The zero-order chi connectivity index (χ0) is 13.8. The molecule has 0 aliphatic heterocycles. The first-order valence-electron chi connectivity index (χ1n) is 5.71. The third-order valence-electron chi connectivity index (χ3n) is 2.38. The van der Waals surface area contributed by atoms with Gasteiger partial charge in [-0.1, -0.05) is 5.21 Å². The van der Waals surface area contributed by atoms with Crippen molar-refractivity contribution in [2.45, 2.75) is 13.0 Å². The molecule has 1 aromatic heterocycles. The molecule has 1 atom stereocenters. The molecule has 1 aromatic carbocycles. The van der Waals surface area contributed by atoms with Gasteiger partial charge in [-0.25, -0.2) is 9.07 Å². The predicted molar refractivity (Wildman–Crippen MR) is 65.3 cm³/mol. The lowest BCUT2D eigenvalue weighted by molar-refractivity contribution is 0.0919. The first-order valence-corrected chi connectivity index (χ1v) is 5.71. The highest BCUT2D eigenvalue weighted by atomic mass is 19.1. The van der Waals surface area contributed by atoms with E-state index in [1.807, 2.05) is 0 Å². The van der Waals surface area contributed by atoms with Crippen LogP contribution < -0.4 is 5.32 Å². The van der Waals surface area contributed by atoms with Crippen molar-refractivity contribution in [2.24, 2.45) is 0 Å². The molecule has 0 fully saturated rings. The summed E-state index contributed by atoms with van der Waals surface area (Å²) in [6.45, 7) is 1.71. The van der Waals surface area contributed by atoms with Crippen LogP contribution in [0.3, 0.4) is 0 Å². The average Bonchev–Trinajstić information content (AvgIpc) is 2.86. The maximum absolute atomic E-state index is 12.8. The van der Waals surface area contributed by atoms with Gasteiger partial charge in [0.15, 0.2) is 5.69 Å². The molecule has 1 heterocycles. The number of aromatic nitrogens is 3. The number of nitrogens with zero attached hydrogens (tertiary/aromatic N) is 3. The van der Waals surface area contributed by atoms with Gasteiger partial charge in [-0.2, -0.15) is 0 Å². The zero-order valence-corrected chi connectivity index (χ0v) is 10.2. The van der Waals surface area contributed by atoms with Gasteiger partial charge in [-0.3, -0.25) is 4.79 Å². The van der Waals surface area contributed by atoms with E-state index in [4.69, 9.17) is 5.11 Å². The van der Waals surface area contributed by atoms with Crippen LogP contribution in [-0.2, 0) is 0 Å². The molecule has 0 spiro atoms. The third kappa shape index (κ3) is 3.35. The summed E-state index contributed by atoms with van der Waals surface area (Å²) in [6, 6.07) is 5.65. The highest BCUT2D eigenvalue weighted by molar-refractivity contribution is 5.91. The second-order valence-corrected chi connectivity index (χ2v) is 4.08. The lowest BCUT2D eigenvalue weighted by atomic mass is 10.3. The second kappa shape index (κ2) is 5.57. The number of aliphatic hydroxyl groups excluding tert-OH is 1. The fourth-order valence-electron chi connectivity index (χ4n) is 1.42. The summed E-state index contributed by atoms with van der Waals surface area (Å²) in [5.41, 5.74) is 0.730. The minimum Gasteiger partial charge on any atom is -0.392 e. The molecule has 0 aliphatic rings. The van der Waals surface area contributed by atoms with Gasteiger partial charge in [0.05, 0.1) is 18.0 Å². The third-order valence-corrected chi connectivity index (χ3v) is 2.38. The molecule has 7 heteroatoms. The molecule has 6 nitrogen and oxygen atoms in total. The van der Waals surface area contributed by atoms with Crippen molar-refractivity contribution in [2.75, 3.05) is 6.54 Å². The Balaban J connectivity index is 2.10. The van der Waals surface area contributed by atoms with Crippen LogP contribution in [-0.4, -0.2) is 38.7 Å². The van der Waals surface area contributed by atoms with Crippen molar-refractivity contribution in [1.29, 1.82) is 0 Å². The van der Waals surface area contributed by atoms with Crippen LogP contribution >= 0.6 is 0 Å². The Morgan fingerprint density at radius 2 is 2.16 bits per heavy atom. The van der Waals surface area contributed by atoms with Crippen molar-refractivity contribution in [1.82, 2.24) is 20.3 Å². The molecule has 0 aliphatic carbocycles. The van der Waals surface area contributed by atoms with Crippen LogP contribution in [0.1, 0.15) is 17.4 Å². The Kier molecular flexibility index (Phi) is 3.86. The van der Waals surface area contributed by atoms with Gasteiger partial charge in [0.25, 0.3) is 5.91 Å². The molecule has 1 amide bonds. The maximum Gasteiger partial charge on any atom is 0.273 e. The number of halogens is 1. The number of aliphatic hydroxyl groups is 1. The van der Waals surface area contributed by atoms with Crippen molar-refractivity contribution in [3.8, 4) is 5.69 Å². The smallest absolute Gasteiger partial charge is 0.273 e. The van der Waals surface area contributed by atoms with E-state index in [-0.39, 0.29) is 18.1 Å². The van der Waals surface area contributed by atoms with E-state index in [1.54, 1.807) is 6.92 Å². The summed E-state index contributed by atoms with van der Waals surface area (Å²) in [5.74, 6) is -0.770. The number of carbonyl (C=O) groups is 1. The van der Waals surface area contributed by atoms with Gasteiger partial charge >= 0.3 is 0 Å². The Bertz CT molecular complexity index is 565. The molecule has 0 saturated heterocycles. The van der Waals surface area contributed by atoms with E-state index in [2.05, 4.69) is 15.6 Å². The van der Waals surface area contributed by atoms with Crippen molar-refractivity contribution >= 4 is 5.91 Å². The number of nitrogens with one attached hydrogen (secondary N) is 1. The molecule has 19 heavy (non-hydrogen) atoms. The maximum atomic E-state index is 12.8. The van der Waals surface area contributed by atoms with Crippen LogP contribution in [0.4, 0.5) is 4.39 Å². The topological polar surface area (TPSA) is 80.0 Å². The van der Waals surface area contributed by atoms with E-state index < -0.39 is 12.0 Å². The van der Waals surface area contributed by atoms with E-state index in [1.165, 1.54) is 35.1 Å². The van der Waals surface area contributed by atoms with Crippen LogP contribution in [0.15, 0.2) is 30.5 Å². The molecular weight excluding hydrogens is 251 g/mol. The fourth-order valence-corrected chi connectivity index (χ4v) is 1.42. The van der Waals surface area contributed by atoms with Crippen molar-refractivity contribution in [3.05, 3.63) is 42.0 Å². The normalized spacial score (nSPS) is 12.2. The van der Waals surface area contributed by atoms with Crippen molar-refractivity contribution < 1.29 is 14.3 Å². The van der Waals surface area contributed by atoms with Gasteiger partial charge in [0, 0.05) is 6.54 Å². The Hall–Kier alpha value is -2.28. The summed E-state index contributed by atoms with van der Waals surface area (Å²) < 4.78 is 14.2. The Morgan fingerprint density at radius 3 is 2.79 bits per heavy atom. The summed E-state index contributed by atoms with van der Waals surface area (Å²) in [4.78, 5) is 11.6. The van der Waals surface area contributed by atoms with Gasteiger partial charge in [-0.15, -0.1) is 5.10 Å². The van der Waals surface area contributed by atoms with Gasteiger partial charge < -0.3 is 10.4 Å². The molecule has 0 radical (unpaired) electrons. The molecule has 0 saturated carbocycles. The first-order chi connectivity index (χ1) is 9.06. The quantitative estimate of drug-likeness (QED) is 0.843. The average molecular weight is 264 g/mol. The molecule has 2 aromatic rings. The van der Waals surface area contributed by atoms with Crippen molar-refractivity contribution in [3.63, 3.8) is 0 Å². The SMILES string of the molecule is CC(O)CNC(=O)c1cn(-c2ccc(F)cc2)nn1. The number of amides is 1. The van der Waals surface area contributed by atoms with Crippen LogP contribution in [0, 0.1) is 5.82 Å². The van der Waals surface area contributed by atoms with Crippen LogP contribution in [0.25, 0.3) is 5.69 Å². The highest BCUT2D eigenvalue weighted by Gasteiger charge is 2.11. The monoisotopic (exact) mass is 264 g/mol. The molecule has 0 bridgehead atoms. The van der Waals surface area contributed by atoms with E-state index in [0.29, 0.717) is 5.69 Å². The molecular formula is C12H13FN4O2. The second-order valence-electron chi connectivity index (χ2n) is 4.08. The highest BCUT2D eigenvalue weighted by Crippen LogP contribution is 2.08. The van der Waals surface area contributed by atoms with E-state index >= 15 is 0 Å². The number of hydrogen-bond acceptors (Lipinski definition) is 4. The first kappa shape index (κ1) is 13.2. The Labute approximate surface area is 108 Å². The van der Waals surface area contributed by atoms with Gasteiger partial charge in [0.2, 0.25) is 0 Å². The molecule has 2 rings (SSSR count). The number of benzene rings is 1. The van der Waals surface area contributed by atoms with Crippen LogP contribution in [0.5, 0.6) is 0 Å². The lowest BCUT2D eigenvalue weighted by Crippen LogP contribution is -2.30. The van der Waals surface area contributed by atoms with E-state index in [0.717, 1.165) is 0 Å². The van der Waals surface area contributed by atoms with Gasteiger partial charge in [0.1, 0.15) is 5.82 Å². The summed E-state index contributed by atoms with van der Waals surface area (Å²) in [7, 11) is 0. The van der Waals surface area contributed by atoms with E-state index in [9.17, 15) is 9.18 Å². The number of hydrogen-bond donors (Lipinski definition) is 2. The summed E-state index contributed by atoms with van der Waals surface area (Å²) in [5, 5.41) is 19.1. The minimum absolute atomic E-state index is 0.130. The number of carbonyl (C=O) groups excluding carboxylic acids is 1. The predicted octanol–water partition coefficient (Wildman–Crippen LogP) is 0.517. The lowest BCUT2D eigenvalue weighted by Gasteiger charge is -2.04. The molecule has 100 valence electrons. The standard InChI is InChI=1S/C12H13FN4O2/c1-8(18)6-14-12(19)11-7-17(16-15-11)10-4-2-9(13)3-5-10/h2-5,7-8,18H,6H2,1H3,(H,14,19). The van der Waals surface area contributed by atoms with Crippen LogP contribution in [0.2, 0.25) is 0 Å².